The van der Waals surface area contributed by atoms with E-state index in [4.69, 9.17) is 14.2 Å². The van der Waals surface area contributed by atoms with Crippen LogP contribution in [0, 0.1) is 5.82 Å². The van der Waals surface area contributed by atoms with Crippen LogP contribution in [0.4, 0.5) is 4.39 Å². The zero-order valence-corrected chi connectivity index (χ0v) is 17.6. The summed E-state index contributed by atoms with van der Waals surface area (Å²) in [7, 11) is 4.94. The lowest BCUT2D eigenvalue weighted by atomic mass is 10.0. The van der Waals surface area contributed by atoms with E-state index in [1.165, 1.54) is 17.8 Å². The predicted octanol–water partition coefficient (Wildman–Crippen LogP) is 4.65. The monoisotopic (exact) mass is 410 g/mol. The molecule has 2 aromatic carbocycles. The summed E-state index contributed by atoms with van der Waals surface area (Å²) >= 11 is 0. The Balaban J connectivity index is 1.78. The highest BCUT2D eigenvalue weighted by atomic mass is 19.1. The number of benzene rings is 2. The minimum atomic E-state index is -0.229. The van der Waals surface area contributed by atoms with E-state index in [1.807, 2.05) is 24.3 Å². The van der Waals surface area contributed by atoms with Crippen LogP contribution in [0.15, 0.2) is 54.7 Å². The Labute approximate surface area is 176 Å². The summed E-state index contributed by atoms with van der Waals surface area (Å²) in [6, 6.07) is 14.8. The van der Waals surface area contributed by atoms with E-state index in [1.54, 1.807) is 21.3 Å². The third kappa shape index (κ3) is 3.87. The molecule has 0 saturated heterocycles. The number of ether oxygens (including phenoxy) is 3. The van der Waals surface area contributed by atoms with Gasteiger partial charge in [0.2, 0.25) is 0 Å². The van der Waals surface area contributed by atoms with Gasteiger partial charge in [-0.3, -0.25) is 4.90 Å². The van der Waals surface area contributed by atoms with Crippen LogP contribution in [0.2, 0.25) is 0 Å². The van der Waals surface area contributed by atoms with Crippen LogP contribution in [-0.2, 0) is 13.1 Å². The number of aromatic nitrogens is 1. The fraction of sp³-hybridized carbons (Fsp3) is 0.333. The van der Waals surface area contributed by atoms with Gasteiger partial charge in [0, 0.05) is 43.7 Å². The molecule has 0 fully saturated rings. The first-order valence-corrected chi connectivity index (χ1v) is 10.1. The summed E-state index contributed by atoms with van der Waals surface area (Å²) in [5.41, 5.74) is 3.23. The summed E-state index contributed by atoms with van der Waals surface area (Å²) in [4.78, 5) is 2.40. The SMILES string of the molecule is COc1cc(OC)c(CN2CCCn3cccc3[C@@H]2c2ccc(F)cc2)c(OC)c1. The molecule has 5 nitrogen and oxygen atoms in total. The molecule has 0 unspecified atom stereocenters. The third-order valence-electron chi connectivity index (χ3n) is 5.72. The third-order valence-corrected chi connectivity index (χ3v) is 5.72. The van der Waals surface area contributed by atoms with Crippen LogP contribution in [0.25, 0.3) is 0 Å². The van der Waals surface area contributed by atoms with E-state index in [2.05, 4.69) is 27.8 Å². The Hall–Kier alpha value is -2.99. The molecule has 158 valence electrons. The maximum Gasteiger partial charge on any atom is 0.130 e. The molecule has 0 aliphatic carbocycles. The number of methoxy groups -OCH3 is 3. The molecule has 30 heavy (non-hydrogen) atoms. The number of halogens is 1. The van der Waals surface area contributed by atoms with Crippen LogP contribution >= 0.6 is 0 Å². The van der Waals surface area contributed by atoms with Gasteiger partial charge in [-0.15, -0.1) is 0 Å². The molecule has 1 aliphatic rings. The maximum absolute atomic E-state index is 13.6. The second-order valence-electron chi connectivity index (χ2n) is 7.42. The fourth-order valence-electron chi connectivity index (χ4n) is 4.27. The van der Waals surface area contributed by atoms with Gasteiger partial charge in [-0.2, -0.15) is 0 Å². The van der Waals surface area contributed by atoms with Crippen LogP contribution in [-0.4, -0.2) is 37.3 Å². The lowest BCUT2D eigenvalue weighted by Crippen LogP contribution is -2.30. The van der Waals surface area contributed by atoms with Crippen molar-refractivity contribution in [2.24, 2.45) is 0 Å². The number of hydrogen-bond donors (Lipinski definition) is 0. The summed E-state index contributed by atoms with van der Waals surface area (Å²) in [5.74, 6) is 1.91. The fourth-order valence-corrected chi connectivity index (χ4v) is 4.27. The first-order chi connectivity index (χ1) is 14.6. The lowest BCUT2D eigenvalue weighted by Gasteiger charge is -2.31. The van der Waals surface area contributed by atoms with Gasteiger partial charge < -0.3 is 18.8 Å². The van der Waals surface area contributed by atoms with Crippen LogP contribution < -0.4 is 14.2 Å². The van der Waals surface area contributed by atoms with Crippen molar-refractivity contribution in [3.05, 3.63) is 77.4 Å². The Morgan fingerprint density at radius 1 is 0.933 bits per heavy atom. The molecule has 4 rings (SSSR count). The number of fused-ring (bicyclic) bond motifs is 1. The highest BCUT2D eigenvalue weighted by Gasteiger charge is 2.29. The number of nitrogens with zero attached hydrogens (tertiary/aromatic N) is 2. The Kier molecular flexibility index (Phi) is 5.95. The van der Waals surface area contributed by atoms with Gasteiger partial charge in [-0.25, -0.2) is 4.39 Å². The van der Waals surface area contributed by atoms with Gasteiger partial charge in [0.05, 0.1) is 32.9 Å². The summed E-state index contributed by atoms with van der Waals surface area (Å²) in [5, 5.41) is 0. The van der Waals surface area contributed by atoms with E-state index in [-0.39, 0.29) is 11.9 Å². The molecule has 0 radical (unpaired) electrons. The molecule has 1 atom stereocenters. The second-order valence-corrected chi connectivity index (χ2v) is 7.42. The van der Waals surface area contributed by atoms with Crippen LogP contribution in [0.1, 0.15) is 29.3 Å². The smallest absolute Gasteiger partial charge is 0.130 e. The van der Waals surface area contributed by atoms with Gasteiger partial charge in [0.25, 0.3) is 0 Å². The first kappa shape index (κ1) is 20.3. The van der Waals surface area contributed by atoms with Gasteiger partial charge in [0.1, 0.15) is 23.1 Å². The molecule has 1 aliphatic heterocycles. The van der Waals surface area contributed by atoms with Gasteiger partial charge in [0.15, 0.2) is 0 Å². The molecule has 0 amide bonds. The predicted molar refractivity (Wildman–Crippen MR) is 114 cm³/mol. The second kappa shape index (κ2) is 8.79. The Bertz CT molecular complexity index is 975. The highest BCUT2D eigenvalue weighted by Crippen LogP contribution is 2.39. The largest absolute Gasteiger partial charge is 0.496 e. The summed E-state index contributed by atoms with van der Waals surface area (Å²) < 4.78 is 32.6. The van der Waals surface area contributed by atoms with E-state index >= 15 is 0 Å². The molecular formula is C24H27FN2O3. The topological polar surface area (TPSA) is 35.9 Å². The van der Waals surface area contributed by atoms with Gasteiger partial charge >= 0.3 is 0 Å². The van der Waals surface area contributed by atoms with Gasteiger partial charge in [-0.1, -0.05) is 12.1 Å². The zero-order chi connectivity index (χ0) is 21.1. The number of rotatable bonds is 6. The Morgan fingerprint density at radius 3 is 2.27 bits per heavy atom. The van der Waals surface area contributed by atoms with E-state index in [0.29, 0.717) is 12.3 Å². The molecule has 2 heterocycles. The molecule has 0 N–H and O–H groups in total. The van der Waals surface area contributed by atoms with E-state index in [0.717, 1.165) is 42.1 Å². The minimum Gasteiger partial charge on any atom is -0.496 e. The molecule has 1 aromatic heterocycles. The standard InChI is InChI=1S/C24H27FN2O3/c1-28-19-14-22(29-2)20(23(15-19)30-3)16-27-13-5-12-26-11-4-6-21(26)24(27)17-7-9-18(25)10-8-17/h4,6-11,14-15,24H,5,12-13,16H2,1-3H3/t24-/m0/s1. The molecule has 3 aromatic rings. The van der Waals surface area contributed by atoms with E-state index in [9.17, 15) is 4.39 Å². The van der Waals surface area contributed by atoms with Crippen molar-refractivity contribution in [3.63, 3.8) is 0 Å². The molecule has 0 bridgehead atoms. The molecule has 0 spiro atoms. The average molecular weight is 410 g/mol. The van der Waals surface area contributed by atoms with E-state index < -0.39 is 0 Å². The normalized spacial score (nSPS) is 16.6. The quantitative estimate of drug-likeness (QED) is 0.593. The number of hydrogen-bond acceptors (Lipinski definition) is 4. The van der Waals surface area contributed by atoms with Crippen molar-refractivity contribution in [1.29, 1.82) is 0 Å². The highest BCUT2D eigenvalue weighted by molar-refractivity contribution is 5.51. The molecule has 0 saturated carbocycles. The van der Waals surface area contributed by atoms with Crippen molar-refractivity contribution in [2.45, 2.75) is 25.6 Å². The molecule has 6 heteroatoms. The van der Waals surface area contributed by atoms with Crippen molar-refractivity contribution in [3.8, 4) is 17.2 Å². The summed E-state index contributed by atoms with van der Waals surface area (Å²) in [6.45, 7) is 2.47. The van der Waals surface area contributed by atoms with Crippen molar-refractivity contribution in [1.82, 2.24) is 9.47 Å². The van der Waals surface area contributed by atoms with Crippen molar-refractivity contribution < 1.29 is 18.6 Å². The summed E-state index contributed by atoms with van der Waals surface area (Å²) in [6.07, 6.45) is 3.13. The molecular weight excluding hydrogens is 383 g/mol. The van der Waals surface area contributed by atoms with Crippen molar-refractivity contribution in [2.75, 3.05) is 27.9 Å². The van der Waals surface area contributed by atoms with Crippen LogP contribution in [0.5, 0.6) is 17.2 Å². The maximum atomic E-state index is 13.6. The zero-order valence-electron chi connectivity index (χ0n) is 17.6. The van der Waals surface area contributed by atoms with Crippen LogP contribution in [0.3, 0.4) is 0 Å². The Morgan fingerprint density at radius 2 is 1.63 bits per heavy atom. The van der Waals surface area contributed by atoms with Gasteiger partial charge in [-0.05, 0) is 36.2 Å². The van der Waals surface area contributed by atoms with Crippen molar-refractivity contribution >= 4 is 0 Å². The number of aryl methyl sites for hydroxylation is 1. The minimum absolute atomic E-state index is 0.000357. The average Bonchev–Trinajstić information content (AvgIpc) is 3.16. The lowest BCUT2D eigenvalue weighted by molar-refractivity contribution is 0.213. The first-order valence-electron chi connectivity index (χ1n) is 10.1.